The minimum absolute atomic E-state index is 0.200. The van der Waals surface area contributed by atoms with Gasteiger partial charge in [0, 0.05) is 28.7 Å². The Bertz CT molecular complexity index is 913. The summed E-state index contributed by atoms with van der Waals surface area (Å²) in [7, 11) is 0. The smallest absolute Gasteiger partial charge is 0.341 e. The lowest BCUT2D eigenvalue weighted by atomic mass is 10.1. The Morgan fingerprint density at radius 3 is 2.52 bits per heavy atom. The number of para-hydroxylation sites is 1. The van der Waals surface area contributed by atoms with Crippen LogP contribution >= 0.6 is 0 Å². The second-order valence-corrected chi connectivity index (χ2v) is 6.23. The van der Waals surface area contributed by atoms with Gasteiger partial charge in [0.2, 0.25) is 6.10 Å². The maximum absolute atomic E-state index is 12.7. The Morgan fingerprint density at radius 1 is 1.04 bits per heavy atom. The molecule has 3 aromatic rings. The van der Waals surface area contributed by atoms with Crippen LogP contribution in [0.1, 0.15) is 34.9 Å². The topological polar surface area (TPSA) is 71.2 Å². The van der Waals surface area contributed by atoms with Gasteiger partial charge >= 0.3 is 5.97 Å². The molecule has 25 heavy (non-hydrogen) atoms. The third-order valence-electron chi connectivity index (χ3n) is 4.30. The molecule has 0 unspecified atom stereocenters. The highest BCUT2D eigenvalue weighted by Crippen LogP contribution is 2.25. The summed E-state index contributed by atoms with van der Waals surface area (Å²) >= 11 is 0. The number of hydrogen-bond acceptors (Lipinski definition) is 3. The van der Waals surface area contributed by atoms with Crippen LogP contribution in [0.5, 0.6) is 0 Å². The van der Waals surface area contributed by atoms with Crippen molar-refractivity contribution >= 4 is 22.8 Å². The average molecular weight is 334 g/mol. The predicted molar refractivity (Wildman–Crippen MR) is 94.1 cm³/mol. The highest BCUT2D eigenvalue weighted by molar-refractivity contribution is 6.04. The molecule has 2 N–H and O–H groups in total. The number of fused-ring (bicyclic) bond motifs is 1. The molecule has 2 aromatic carbocycles. The average Bonchev–Trinajstić information content (AvgIpc) is 3.35. The molecule has 0 radical (unpaired) electrons. The van der Waals surface area contributed by atoms with Crippen molar-refractivity contribution in [3.63, 3.8) is 0 Å². The van der Waals surface area contributed by atoms with E-state index in [-0.39, 0.29) is 11.9 Å². The second kappa shape index (κ2) is 6.43. The summed E-state index contributed by atoms with van der Waals surface area (Å²) in [4.78, 5) is 28.3. The molecule has 1 saturated carbocycles. The maximum atomic E-state index is 12.7. The van der Waals surface area contributed by atoms with E-state index in [1.807, 2.05) is 42.5 Å². The van der Waals surface area contributed by atoms with E-state index >= 15 is 0 Å². The summed E-state index contributed by atoms with van der Waals surface area (Å²) in [5.41, 5.74) is 1.94. The molecule has 1 amide bonds. The fourth-order valence-electron chi connectivity index (χ4n) is 2.82. The van der Waals surface area contributed by atoms with Crippen LogP contribution in [0.25, 0.3) is 10.9 Å². The third-order valence-corrected chi connectivity index (χ3v) is 4.30. The van der Waals surface area contributed by atoms with E-state index in [9.17, 15) is 9.59 Å². The molecule has 5 heteroatoms. The van der Waals surface area contributed by atoms with Crippen LogP contribution in [0.4, 0.5) is 0 Å². The molecule has 1 aliphatic rings. The normalized spacial score (nSPS) is 14.9. The van der Waals surface area contributed by atoms with Crippen molar-refractivity contribution in [3.8, 4) is 0 Å². The zero-order valence-corrected chi connectivity index (χ0v) is 13.6. The molecular formula is C20H18N2O3. The fourth-order valence-corrected chi connectivity index (χ4v) is 2.82. The van der Waals surface area contributed by atoms with Gasteiger partial charge in [-0.3, -0.25) is 4.79 Å². The zero-order valence-electron chi connectivity index (χ0n) is 13.6. The van der Waals surface area contributed by atoms with Crippen molar-refractivity contribution in [2.75, 3.05) is 0 Å². The number of ether oxygens (including phenoxy) is 1. The molecule has 0 bridgehead atoms. The van der Waals surface area contributed by atoms with Crippen LogP contribution in [0.3, 0.4) is 0 Å². The van der Waals surface area contributed by atoms with Crippen molar-refractivity contribution < 1.29 is 14.3 Å². The molecule has 1 atom stereocenters. The number of carbonyl (C=O) groups excluding carboxylic acids is 2. The molecule has 1 fully saturated rings. The summed E-state index contributed by atoms with van der Waals surface area (Å²) < 4.78 is 5.61. The minimum atomic E-state index is -0.956. The van der Waals surface area contributed by atoms with Gasteiger partial charge in [-0.25, -0.2) is 4.79 Å². The van der Waals surface area contributed by atoms with Crippen LogP contribution in [-0.4, -0.2) is 22.9 Å². The molecule has 0 aliphatic heterocycles. The van der Waals surface area contributed by atoms with Gasteiger partial charge in [-0.15, -0.1) is 0 Å². The monoisotopic (exact) mass is 334 g/mol. The van der Waals surface area contributed by atoms with Gasteiger partial charge in [0.05, 0.1) is 5.56 Å². The SMILES string of the molecule is O=C(O[C@@H](C(=O)NC1CC1)c1ccccc1)c1c[nH]c2ccccc12. The first kappa shape index (κ1) is 15.4. The predicted octanol–water partition coefficient (Wildman–Crippen LogP) is 3.34. The zero-order chi connectivity index (χ0) is 17.2. The first-order valence-electron chi connectivity index (χ1n) is 8.35. The Balaban J connectivity index is 1.61. The number of aromatic nitrogens is 1. The van der Waals surface area contributed by atoms with Crippen LogP contribution in [0.15, 0.2) is 60.8 Å². The van der Waals surface area contributed by atoms with Crippen LogP contribution < -0.4 is 5.32 Å². The molecule has 0 spiro atoms. The van der Waals surface area contributed by atoms with Gasteiger partial charge in [0.25, 0.3) is 5.91 Å². The highest BCUT2D eigenvalue weighted by Gasteiger charge is 2.31. The van der Waals surface area contributed by atoms with Gasteiger partial charge in [-0.05, 0) is 18.9 Å². The van der Waals surface area contributed by atoms with Crippen LogP contribution in [0, 0.1) is 0 Å². The molecular weight excluding hydrogens is 316 g/mol. The second-order valence-electron chi connectivity index (χ2n) is 6.23. The number of benzene rings is 2. The number of H-pyrrole nitrogens is 1. The highest BCUT2D eigenvalue weighted by atomic mass is 16.5. The lowest BCUT2D eigenvalue weighted by molar-refractivity contribution is -0.130. The van der Waals surface area contributed by atoms with Gasteiger partial charge < -0.3 is 15.0 Å². The Kier molecular flexibility index (Phi) is 3.98. The van der Waals surface area contributed by atoms with E-state index in [0.717, 1.165) is 23.7 Å². The van der Waals surface area contributed by atoms with E-state index < -0.39 is 12.1 Å². The quantitative estimate of drug-likeness (QED) is 0.703. The molecule has 126 valence electrons. The van der Waals surface area contributed by atoms with Crippen LogP contribution in [0.2, 0.25) is 0 Å². The first-order chi connectivity index (χ1) is 12.2. The maximum Gasteiger partial charge on any atom is 0.341 e. The molecule has 1 aromatic heterocycles. The molecule has 1 heterocycles. The van der Waals surface area contributed by atoms with Gasteiger partial charge in [0.15, 0.2) is 0 Å². The molecule has 4 rings (SSSR count). The summed E-state index contributed by atoms with van der Waals surface area (Å²) in [6.45, 7) is 0. The van der Waals surface area contributed by atoms with Crippen molar-refractivity contribution in [1.82, 2.24) is 10.3 Å². The molecule has 5 nitrogen and oxygen atoms in total. The number of aromatic amines is 1. The van der Waals surface area contributed by atoms with Crippen molar-refractivity contribution in [2.24, 2.45) is 0 Å². The van der Waals surface area contributed by atoms with Crippen molar-refractivity contribution in [2.45, 2.75) is 25.0 Å². The number of rotatable bonds is 5. The lowest BCUT2D eigenvalue weighted by Gasteiger charge is -2.17. The summed E-state index contributed by atoms with van der Waals surface area (Å²) in [6.07, 6.45) is 2.61. The fraction of sp³-hybridized carbons (Fsp3) is 0.200. The summed E-state index contributed by atoms with van der Waals surface area (Å²) in [5, 5.41) is 3.70. The van der Waals surface area contributed by atoms with E-state index in [2.05, 4.69) is 10.3 Å². The van der Waals surface area contributed by atoms with E-state index in [1.165, 1.54) is 0 Å². The molecule has 1 aliphatic carbocycles. The Hall–Kier alpha value is -3.08. The summed E-state index contributed by atoms with van der Waals surface area (Å²) in [6, 6.07) is 16.8. The number of hydrogen-bond donors (Lipinski definition) is 2. The minimum Gasteiger partial charge on any atom is -0.444 e. The van der Waals surface area contributed by atoms with Crippen LogP contribution in [-0.2, 0) is 9.53 Å². The largest absolute Gasteiger partial charge is 0.444 e. The number of esters is 1. The van der Waals surface area contributed by atoms with Gasteiger partial charge in [-0.2, -0.15) is 0 Å². The standard InChI is InChI=1S/C20H18N2O3/c23-19(22-14-10-11-14)18(13-6-2-1-3-7-13)25-20(24)16-12-21-17-9-5-4-8-15(16)17/h1-9,12,14,18,21H,10-11H2,(H,22,23)/t18-/m1/s1. The first-order valence-corrected chi connectivity index (χ1v) is 8.35. The number of amides is 1. The lowest BCUT2D eigenvalue weighted by Crippen LogP contribution is -2.33. The van der Waals surface area contributed by atoms with E-state index in [0.29, 0.717) is 11.1 Å². The Labute approximate surface area is 145 Å². The molecule has 0 saturated heterocycles. The van der Waals surface area contributed by atoms with E-state index in [1.54, 1.807) is 18.3 Å². The number of carbonyl (C=O) groups is 2. The van der Waals surface area contributed by atoms with Gasteiger partial charge in [0.1, 0.15) is 0 Å². The van der Waals surface area contributed by atoms with Crippen molar-refractivity contribution in [1.29, 1.82) is 0 Å². The van der Waals surface area contributed by atoms with Gasteiger partial charge in [-0.1, -0.05) is 48.5 Å². The van der Waals surface area contributed by atoms with Crippen molar-refractivity contribution in [3.05, 3.63) is 71.9 Å². The third kappa shape index (κ3) is 3.26. The number of nitrogens with one attached hydrogen (secondary N) is 2. The van der Waals surface area contributed by atoms with E-state index in [4.69, 9.17) is 4.74 Å². The summed E-state index contributed by atoms with van der Waals surface area (Å²) in [5.74, 6) is -0.792. The Morgan fingerprint density at radius 2 is 1.76 bits per heavy atom.